The van der Waals surface area contributed by atoms with Crippen LogP contribution in [0.15, 0.2) is 0 Å². The van der Waals surface area contributed by atoms with Crippen LogP contribution in [0.4, 0.5) is 4.79 Å². The molecule has 2 saturated heterocycles. The van der Waals surface area contributed by atoms with Gasteiger partial charge >= 0.3 is 12.0 Å². The van der Waals surface area contributed by atoms with Gasteiger partial charge in [-0.3, -0.25) is 9.69 Å². The molecule has 2 heterocycles. The maximum absolute atomic E-state index is 12.7. The second-order valence-electron chi connectivity index (χ2n) is 6.06. The molecule has 1 saturated carbocycles. The fourth-order valence-corrected chi connectivity index (χ4v) is 4.24. The minimum Gasteiger partial charge on any atom is -0.481 e. The summed E-state index contributed by atoms with van der Waals surface area (Å²) in [5.74, 6) is 0.822. The van der Waals surface area contributed by atoms with Crippen molar-refractivity contribution in [3.8, 4) is 0 Å². The van der Waals surface area contributed by atoms with Crippen LogP contribution in [0.25, 0.3) is 0 Å². The Hall–Kier alpha value is -0.950. The van der Waals surface area contributed by atoms with Crippen molar-refractivity contribution >= 4 is 23.8 Å². The zero-order chi connectivity index (χ0) is 14.8. The van der Waals surface area contributed by atoms with Crippen molar-refractivity contribution in [1.29, 1.82) is 0 Å². The van der Waals surface area contributed by atoms with Crippen LogP contribution in [0.1, 0.15) is 19.3 Å². The number of hydrogen-bond donors (Lipinski definition) is 1. The van der Waals surface area contributed by atoms with E-state index >= 15 is 0 Å². The van der Waals surface area contributed by atoms with Gasteiger partial charge < -0.3 is 14.9 Å². The van der Waals surface area contributed by atoms with Gasteiger partial charge in [0.2, 0.25) is 0 Å². The summed E-state index contributed by atoms with van der Waals surface area (Å²) in [4.78, 5) is 29.8. The Kier molecular flexibility index (Phi) is 4.59. The third-order valence-electron chi connectivity index (χ3n) is 4.53. The zero-order valence-corrected chi connectivity index (χ0v) is 13.1. The molecule has 7 heteroatoms. The first-order valence-corrected chi connectivity index (χ1v) is 8.90. The summed E-state index contributed by atoms with van der Waals surface area (Å²) in [5.41, 5.74) is 0. The van der Waals surface area contributed by atoms with E-state index in [1.165, 1.54) is 12.8 Å². The van der Waals surface area contributed by atoms with E-state index in [-0.39, 0.29) is 18.5 Å². The van der Waals surface area contributed by atoms with E-state index in [4.69, 9.17) is 5.11 Å². The van der Waals surface area contributed by atoms with Crippen LogP contribution < -0.4 is 0 Å². The molecule has 6 nitrogen and oxygen atoms in total. The van der Waals surface area contributed by atoms with Gasteiger partial charge in [-0.05, 0) is 12.8 Å². The number of amides is 2. The maximum atomic E-state index is 12.7. The summed E-state index contributed by atoms with van der Waals surface area (Å²) >= 11 is 1.74. The molecule has 118 valence electrons. The molecular formula is C14H23N3O3S. The standard InChI is InChI=1S/C14H23N3O3S/c18-13(19)9-12-10-21-8-7-17(12)14(20)16-5-3-15(4-6-16)11-1-2-11/h11-12H,1-10H2,(H,18,19). The predicted octanol–water partition coefficient (Wildman–Crippen LogP) is 0.779. The molecule has 0 aromatic carbocycles. The molecule has 0 spiro atoms. The molecule has 3 rings (SSSR count). The normalized spacial score (nSPS) is 27.7. The van der Waals surface area contributed by atoms with E-state index < -0.39 is 5.97 Å². The molecule has 21 heavy (non-hydrogen) atoms. The van der Waals surface area contributed by atoms with Gasteiger partial charge in [0.25, 0.3) is 0 Å². The second-order valence-corrected chi connectivity index (χ2v) is 7.21. The Morgan fingerprint density at radius 2 is 1.81 bits per heavy atom. The van der Waals surface area contributed by atoms with Gasteiger partial charge in [-0.25, -0.2) is 4.79 Å². The number of rotatable bonds is 3. The number of carboxylic acid groups (broad SMARTS) is 1. The van der Waals surface area contributed by atoms with Crippen LogP contribution in [-0.2, 0) is 4.79 Å². The lowest BCUT2D eigenvalue weighted by Crippen LogP contribution is -2.57. The number of carbonyl (C=O) groups excluding carboxylic acids is 1. The smallest absolute Gasteiger partial charge is 0.320 e. The summed E-state index contributed by atoms with van der Waals surface area (Å²) in [5, 5.41) is 9.01. The molecule has 0 aromatic heterocycles. The van der Waals surface area contributed by atoms with Crippen LogP contribution in [0.2, 0.25) is 0 Å². The first-order chi connectivity index (χ1) is 10.1. The molecule has 1 unspecified atom stereocenters. The Balaban J connectivity index is 1.56. The van der Waals surface area contributed by atoms with Gasteiger partial charge in [0, 0.05) is 50.3 Å². The first-order valence-electron chi connectivity index (χ1n) is 7.74. The zero-order valence-electron chi connectivity index (χ0n) is 12.2. The largest absolute Gasteiger partial charge is 0.481 e. The van der Waals surface area contributed by atoms with Crippen LogP contribution in [-0.4, -0.2) is 88.1 Å². The molecule has 1 atom stereocenters. The van der Waals surface area contributed by atoms with Crippen molar-refractivity contribution in [3.63, 3.8) is 0 Å². The van der Waals surface area contributed by atoms with E-state index in [1.54, 1.807) is 16.7 Å². The first kappa shape index (κ1) is 15.0. The minimum absolute atomic E-state index is 0.0389. The number of carboxylic acids is 1. The molecule has 1 aliphatic carbocycles. The summed E-state index contributed by atoms with van der Waals surface area (Å²) in [7, 11) is 0. The Bertz CT molecular complexity index is 408. The highest BCUT2D eigenvalue weighted by Crippen LogP contribution is 2.28. The van der Waals surface area contributed by atoms with Crippen LogP contribution >= 0.6 is 11.8 Å². The van der Waals surface area contributed by atoms with Crippen molar-refractivity contribution < 1.29 is 14.7 Å². The molecule has 1 N–H and O–H groups in total. The third kappa shape index (κ3) is 3.63. The number of piperazine rings is 1. The number of hydrogen-bond acceptors (Lipinski definition) is 4. The highest BCUT2D eigenvalue weighted by atomic mass is 32.2. The van der Waals surface area contributed by atoms with E-state index in [0.29, 0.717) is 6.54 Å². The van der Waals surface area contributed by atoms with Crippen molar-refractivity contribution in [1.82, 2.24) is 14.7 Å². The van der Waals surface area contributed by atoms with Gasteiger partial charge in [0.1, 0.15) is 0 Å². The molecule has 0 bridgehead atoms. The predicted molar refractivity (Wildman–Crippen MR) is 81.6 cm³/mol. The van der Waals surface area contributed by atoms with Crippen molar-refractivity contribution in [2.75, 3.05) is 44.2 Å². The molecule has 0 radical (unpaired) electrons. The van der Waals surface area contributed by atoms with Crippen molar-refractivity contribution in [2.45, 2.75) is 31.3 Å². The fourth-order valence-electron chi connectivity index (χ4n) is 3.18. The monoisotopic (exact) mass is 313 g/mol. The molecular weight excluding hydrogens is 290 g/mol. The van der Waals surface area contributed by atoms with Gasteiger partial charge in [-0.1, -0.05) is 0 Å². The Labute approximate surface area is 129 Å². The second kappa shape index (κ2) is 6.44. The minimum atomic E-state index is -0.821. The van der Waals surface area contributed by atoms with Crippen molar-refractivity contribution in [3.05, 3.63) is 0 Å². The summed E-state index contributed by atoms with van der Waals surface area (Å²) < 4.78 is 0. The van der Waals surface area contributed by atoms with Gasteiger partial charge in [-0.15, -0.1) is 0 Å². The average molecular weight is 313 g/mol. The average Bonchev–Trinajstić information content (AvgIpc) is 3.31. The van der Waals surface area contributed by atoms with E-state index in [9.17, 15) is 9.59 Å². The number of carbonyl (C=O) groups is 2. The lowest BCUT2D eigenvalue weighted by Gasteiger charge is -2.41. The van der Waals surface area contributed by atoms with Crippen LogP contribution in [0, 0.1) is 0 Å². The van der Waals surface area contributed by atoms with E-state index in [1.807, 2.05) is 4.90 Å². The Morgan fingerprint density at radius 3 is 2.43 bits per heavy atom. The topological polar surface area (TPSA) is 64.1 Å². The van der Waals surface area contributed by atoms with E-state index in [0.717, 1.165) is 43.7 Å². The molecule has 3 fully saturated rings. The lowest BCUT2D eigenvalue weighted by molar-refractivity contribution is -0.138. The summed E-state index contributed by atoms with van der Waals surface area (Å²) in [6, 6.07) is 0.639. The summed E-state index contributed by atoms with van der Waals surface area (Å²) in [6.07, 6.45) is 2.66. The number of urea groups is 1. The Morgan fingerprint density at radius 1 is 1.10 bits per heavy atom. The number of nitrogens with zero attached hydrogens (tertiary/aromatic N) is 3. The SMILES string of the molecule is O=C(O)CC1CSCCN1C(=O)N1CCN(C2CC2)CC1. The van der Waals surface area contributed by atoms with Crippen LogP contribution in [0.3, 0.4) is 0 Å². The lowest BCUT2D eigenvalue weighted by atomic mass is 10.2. The third-order valence-corrected chi connectivity index (χ3v) is 5.62. The molecule has 3 aliphatic rings. The van der Waals surface area contributed by atoms with Gasteiger partial charge in [0.05, 0.1) is 12.5 Å². The van der Waals surface area contributed by atoms with Gasteiger partial charge in [0.15, 0.2) is 0 Å². The van der Waals surface area contributed by atoms with Crippen molar-refractivity contribution in [2.24, 2.45) is 0 Å². The molecule has 2 amide bonds. The molecule has 0 aromatic rings. The number of aliphatic carboxylic acids is 1. The fraction of sp³-hybridized carbons (Fsp3) is 0.857. The molecule has 2 aliphatic heterocycles. The van der Waals surface area contributed by atoms with E-state index in [2.05, 4.69) is 4.90 Å². The van der Waals surface area contributed by atoms with Gasteiger partial charge in [-0.2, -0.15) is 11.8 Å². The summed E-state index contributed by atoms with van der Waals surface area (Å²) in [6.45, 7) is 4.15. The number of thioether (sulfide) groups is 1. The maximum Gasteiger partial charge on any atom is 0.320 e. The quantitative estimate of drug-likeness (QED) is 0.834. The highest BCUT2D eigenvalue weighted by molar-refractivity contribution is 7.99. The van der Waals surface area contributed by atoms with Crippen LogP contribution in [0.5, 0.6) is 0 Å². The highest BCUT2D eigenvalue weighted by Gasteiger charge is 2.35.